The molecule has 1 N–H and O–H groups in total. The van der Waals surface area contributed by atoms with Gasteiger partial charge in [-0.3, -0.25) is 4.79 Å². The quantitative estimate of drug-likeness (QED) is 0.890. The minimum Gasteiger partial charge on any atom is -0.368 e. The summed E-state index contributed by atoms with van der Waals surface area (Å²) in [6.07, 6.45) is 1.46. The highest BCUT2D eigenvalue weighted by molar-refractivity contribution is 9.11. The summed E-state index contributed by atoms with van der Waals surface area (Å²) in [6, 6.07) is 5.65. The first-order valence-electron chi connectivity index (χ1n) is 5.04. The van der Waals surface area contributed by atoms with Crippen LogP contribution in [0.4, 0.5) is 5.69 Å². The molecule has 16 heavy (non-hydrogen) atoms. The number of halogens is 2. The Morgan fingerprint density at radius 3 is 2.94 bits per heavy atom. The second kappa shape index (κ2) is 5.29. The molecule has 1 fully saturated rings. The van der Waals surface area contributed by atoms with E-state index in [1.54, 1.807) is 0 Å². The predicted octanol–water partition coefficient (Wildman–Crippen LogP) is 3.33. The summed E-state index contributed by atoms with van der Waals surface area (Å²) in [6.45, 7) is 0.678. The molecule has 5 heteroatoms. The van der Waals surface area contributed by atoms with Crippen LogP contribution in [-0.2, 0) is 9.53 Å². The van der Waals surface area contributed by atoms with Gasteiger partial charge < -0.3 is 10.1 Å². The smallest absolute Gasteiger partial charge is 0.253 e. The summed E-state index contributed by atoms with van der Waals surface area (Å²) < 4.78 is 7.11. The number of hydrogen-bond acceptors (Lipinski definition) is 2. The number of nitrogens with one attached hydrogen (secondary N) is 1. The number of benzene rings is 1. The average Bonchev–Trinajstić information content (AvgIpc) is 2.76. The van der Waals surface area contributed by atoms with Crippen LogP contribution in [0.2, 0.25) is 0 Å². The lowest BCUT2D eigenvalue weighted by atomic mass is 10.2. The SMILES string of the molecule is O=C(Nc1cc(Br)ccc1Br)[C@H]1CCCO1. The maximum Gasteiger partial charge on any atom is 0.253 e. The van der Waals surface area contributed by atoms with Gasteiger partial charge in [-0.1, -0.05) is 15.9 Å². The Morgan fingerprint density at radius 2 is 2.25 bits per heavy atom. The van der Waals surface area contributed by atoms with Crippen molar-refractivity contribution in [2.24, 2.45) is 0 Å². The van der Waals surface area contributed by atoms with Crippen LogP contribution in [0.1, 0.15) is 12.8 Å². The number of carbonyl (C=O) groups excluding carboxylic acids is 1. The first-order chi connectivity index (χ1) is 7.66. The fourth-order valence-electron chi connectivity index (χ4n) is 1.59. The Morgan fingerprint density at radius 1 is 1.44 bits per heavy atom. The zero-order valence-corrected chi connectivity index (χ0v) is 11.7. The molecule has 1 aliphatic heterocycles. The number of ether oxygens (including phenoxy) is 1. The Labute approximate surface area is 111 Å². The number of carbonyl (C=O) groups is 1. The van der Waals surface area contributed by atoms with E-state index in [1.165, 1.54) is 0 Å². The third kappa shape index (κ3) is 2.84. The van der Waals surface area contributed by atoms with Crippen LogP contribution in [0.3, 0.4) is 0 Å². The lowest BCUT2D eigenvalue weighted by molar-refractivity contribution is -0.124. The maximum atomic E-state index is 11.8. The lowest BCUT2D eigenvalue weighted by Gasteiger charge is -2.11. The molecule has 0 unspecified atom stereocenters. The Hall–Kier alpha value is -0.390. The minimum absolute atomic E-state index is 0.0729. The van der Waals surface area contributed by atoms with Crippen molar-refractivity contribution >= 4 is 43.5 Å². The predicted molar refractivity (Wildman–Crippen MR) is 69.4 cm³/mol. The van der Waals surface area contributed by atoms with E-state index < -0.39 is 0 Å². The average molecular weight is 349 g/mol. The molecule has 86 valence electrons. The molecule has 0 saturated carbocycles. The third-order valence-corrected chi connectivity index (χ3v) is 3.59. The molecule has 0 aromatic heterocycles. The highest BCUT2D eigenvalue weighted by Gasteiger charge is 2.23. The van der Waals surface area contributed by atoms with E-state index in [0.717, 1.165) is 27.5 Å². The van der Waals surface area contributed by atoms with Gasteiger partial charge in [-0.05, 0) is 47.0 Å². The van der Waals surface area contributed by atoms with E-state index in [4.69, 9.17) is 4.74 Å². The molecule has 3 nitrogen and oxygen atoms in total. The molecule has 0 bridgehead atoms. The largest absolute Gasteiger partial charge is 0.368 e. The second-order valence-corrected chi connectivity index (χ2v) is 5.39. The number of rotatable bonds is 2. The maximum absolute atomic E-state index is 11.8. The normalized spacial score (nSPS) is 19.8. The van der Waals surface area contributed by atoms with Gasteiger partial charge in [0.25, 0.3) is 5.91 Å². The monoisotopic (exact) mass is 347 g/mol. The molecule has 0 aliphatic carbocycles. The van der Waals surface area contributed by atoms with Crippen LogP contribution in [-0.4, -0.2) is 18.6 Å². The van der Waals surface area contributed by atoms with Gasteiger partial charge in [0.15, 0.2) is 0 Å². The molecule has 1 atom stereocenters. The van der Waals surface area contributed by atoms with Crippen LogP contribution < -0.4 is 5.32 Å². The molecule has 1 aromatic carbocycles. The van der Waals surface area contributed by atoms with Crippen molar-refractivity contribution in [3.63, 3.8) is 0 Å². The summed E-state index contributed by atoms with van der Waals surface area (Å²) in [7, 11) is 0. The fraction of sp³-hybridized carbons (Fsp3) is 0.364. The van der Waals surface area contributed by atoms with Gasteiger partial charge in [-0.15, -0.1) is 0 Å². The number of hydrogen-bond donors (Lipinski definition) is 1. The Balaban J connectivity index is 2.07. The van der Waals surface area contributed by atoms with Gasteiger partial charge in [0.05, 0.1) is 5.69 Å². The Bertz CT molecular complexity index is 403. The van der Waals surface area contributed by atoms with Gasteiger partial charge >= 0.3 is 0 Å². The molecule has 1 heterocycles. The molecular formula is C11H11Br2NO2. The van der Waals surface area contributed by atoms with Crippen molar-refractivity contribution < 1.29 is 9.53 Å². The number of anilines is 1. The molecular weight excluding hydrogens is 338 g/mol. The first-order valence-corrected chi connectivity index (χ1v) is 6.63. The van der Waals surface area contributed by atoms with E-state index in [9.17, 15) is 4.79 Å². The first kappa shape index (κ1) is 12.1. The molecule has 1 amide bonds. The molecule has 1 saturated heterocycles. The van der Waals surface area contributed by atoms with Gasteiger partial charge in [0.2, 0.25) is 0 Å². The summed E-state index contributed by atoms with van der Waals surface area (Å²) >= 11 is 6.76. The van der Waals surface area contributed by atoms with Crippen molar-refractivity contribution in [1.29, 1.82) is 0 Å². The summed E-state index contributed by atoms with van der Waals surface area (Å²) in [5.41, 5.74) is 0.759. The van der Waals surface area contributed by atoms with Crippen molar-refractivity contribution in [3.8, 4) is 0 Å². The van der Waals surface area contributed by atoms with Crippen LogP contribution in [0.5, 0.6) is 0 Å². The van der Waals surface area contributed by atoms with Crippen LogP contribution in [0.15, 0.2) is 27.1 Å². The number of amides is 1. The molecule has 0 spiro atoms. The zero-order chi connectivity index (χ0) is 11.5. The van der Waals surface area contributed by atoms with Crippen molar-refractivity contribution in [2.45, 2.75) is 18.9 Å². The van der Waals surface area contributed by atoms with Crippen LogP contribution in [0.25, 0.3) is 0 Å². The van der Waals surface area contributed by atoms with Gasteiger partial charge in [0.1, 0.15) is 6.10 Å². The van der Waals surface area contributed by atoms with Crippen LogP contribution in [0, 0.1) is 0 Å². The van der Waals surface area contributed by atoms with Crippen molar-refractivity contribution in [3.05, 3.63) is 27.1 Å². The summed E-state index contributed by atoms with van der Waals surface area (Å²) in [5, 5.41) is 2.85. The Kier molecular flexibility index (Phi) is 4.00. The van der Waals surface area contributed by atoms with E-state index in [0.29, 0.717) is 6.61 Å². The van der Waals surface area contributed by atoms with E-state index >= 15 is 0 Å². The minimum atomic E-state index is -0.300. The van der Waals surface area contributed by atoms with E-state index in [1.807, 2.05) is 18.2 Å². The molecule has 0 radical (unpaired) electrons. The summed E-state index contributed by atoms with van der Waals surface area (Å²) in [4.78, 5) is 11.8. The topological polar surface area (TPSA) is 38.3 Å². The standard InChI is InChI=1S/C11H11Br2NO2/c12-7-3-4-8(13)9(6-7)14-11(15)10-2-1-5-16-10/h3-4,6,10H,1-2,5H2,(H,14,15)/t10-/m1/s1. The second-order valence-electron chi connectivity index (χ2n) is 3.62. The van der Waals surface area contributed by atoms with E-state index in [-0.39, 0.29) is 12.0 Å². The molecule has 1 aliphatic rings. The molecule has 2 rings (SSSR count). The van der Waals surface area contributed by atoms with Crippen molar-refractivity contribution in [2.75, 3.05) is 11.9 Å². The van der Waals surface area contributed by atoms with Gasteiger partial charge in [-0.25, -0.2) is 0 Å². The highest BCUT2D eigenvalue weighted by Crippen LogP contribution is 2.27. The highest BCUT2D eigenvalue weighted by atomic mass is 79.9. The molecule has 1 aromatic rings. The zero-order valence-electron chi connectivity index (χ0n) is 8.50. The van der Waals surface area contributed by atoms with Crippen molar-refractivity contribution in [1.82, 2.24) is 0 Å². The summed E-state index contributed by atoms with van der Waals surface area (Å²) in [5.74, 6) is -0.0729. The van der Waals surface area contributed by atoms with E-state index in [2.05, 4.69) is 37.2 Å². The van der Waals surface area contributed by atoms with Crippen LogP contribution >= 0.6 is 31.9 Å². The lowest BCUT2D eigenvalue weighted by Crippen LogP contribution is -2.26. The third-order valence-electron chi connectivity index (χ3n) is 2.41. The van der Waals surface area contributed by atoms with Gasteiger partial charge in [-0.2, -0.15) is 0 Å². The van der Waals surface area contributed by atoms with Gasteiger partial charge in [0, 0.05) is 15.6 Å². The fourth-order valence-corrected chi connectivity index (χ4v) is 2.30.